The largest absolute Gasteiger partial charge is 0.480 e. The van der Waals surface area contributed by atoms with Crippen molar-refractivity contribution in [3.05, 3.63) is 0 Å². The Morgan fingerprint density at radius 1 is 1.20 bits per heavy atom. The van der Waals surface area contributed by atoms with Crippen molar-refractivity contribution in [1.82, 2.24) is 9.80 Å². The van der Waals surface area contributed by atoms with Crippen LogP contribution in [0.5, 0.6) is 0 Å². The minimum Gasteiger partial charge on any atom is -0.480 e. The monoisotopic (exact) mass is 286 g/mol. The quantitative estimate of drug-likeness (QED) is 0.689. The van der Waals surface area contributed by atoms with Gasteiger partial charge in [0.1, 0.15) is 6.04 Å². The van der Waals surface area contributed by atoms with E-state index in [2.05, 4.69) is 4.74 Å². The van der Waals surface area contributed by atoms with Crippen LogP contribution >= 0.6 is 0 Å². The minimum absolute atomic E-state index is 0.0300. The third-order valence-electron chi connectivity index (χ3n) is 3.63. The molecular formula is C12H18N2O6. The van der Waals surface area contributed by atoms with Crippen LogP contribution in [0.25, 0.3) is 0 Å². The van der Waals surface area contributed by atoms with E-state index in [0.717, 1.165) is 0 Å². The number of nitrogens with zero attached hydrogens (tertiary/aromatic N) is 2. The number of carboxylic acid groups (broad SMARTS) is 1. The Hall–Kier alpha value is -1.83. The van der Waals surface area contributed by atoms with Crippen molar-refractivity contribution in [2.75, 3.05) is 33.4 Å². The van der Waals surface area contributed by atoms with Gasteiger partial charge in [-0.15, -0.1) is 0 Å². The molecule has 2 atom stereocenters. The zero-order valence-electron chi connectivity index (χ0n) is 11.3. The van der Waals surface area contributed by atoms with Gasteiger partial charge in [-0.2, -0.15) is 0 Å². The number of methoxy groups -OCH3 is 1. The fraction of sp³-hybridized carbons (Fsp3) is 0.750. The lowest BCUT2D eigenvalue weighted by Gasteiger charge is -2.36. The van der Waals surface area contributed by atoms with Crippen molar-refractivity contribution in [3.63, 3.8) is 0 Å². The molecule has 2 aliphatic rings. The Kier molecular flexibility index (Phi) is 4.43. The predicted molar refractivity (Wildman–Crippen MR) is 66.1 cm³/mol. The number of hydrogen-bond acceptors (Lipinski definition) is 5. The maximum Gasteiger partial charge on any atom is 0.328 e. The zero-order valence-corrected chi connectivity index (χ0v) is 11.3. The van der Waals surface area contributed by atoms with Crippen LogP contribution in [0.2, 0.25) is 0 Å². The van der Waals surface area contributed by atoms with Crippen LogP contribution in [0.1, 0.15) is 12.8 Å². The maximum atomic E-state index is 12.5. The van der Waals surface area contributed by atoms with Gasteiger partial charge in [0, 0.05) is 13.1 Å². The number of likely N-dealkylation sites (tertiary alicyclic amines) is 1. The smallest absolute Gasteiger partial charge is 0.328 e. The van der Waals surface area contributed by atoms with Gasteiger partial charge in [0.15, 0.2) is 6.04 Å². The maximum absolute atomic E-state index is 12.5. The molecular weight excluding hydrogens is 268 g/mol. The number of esters is 1. The Labute approximate surface area is 116 Å². The van der Waals surface area contributed by atoms with Crippen LogP contribution in [0.3, 0.4) is 0 Å². The van der Waals surface area contributed by atoms with E-state index in [4.69, 9.17) is 9.84 Å². The number of carbonyl (C=O) groups is 3. The summed E-state index contributed by atoms with van der Waals surface area (Å²) in [6.45, 7) is 0.909. The molecule has 112 valence electrons. The van der Waals surface area contributed by atoms with E-state index in [9.17, 15) is 14.4 Å². The van der Waals surface area contributed by atoms with Crippen LogP contribution in [-0.2, 0) is 19.1 Å². The van der Waals surface area contributed by atoms with Gasteiger partial charge in [-0.1, -0.05) is 0 Å². The second-order valence-electron chi connectivity index (χ2n) is 4.78. The number of urea groups is 1. The molecule has 0 aromatic carbocycles. The average Bonchev–Trinajstić information content (AvgIpc) is 2.95. The van der Waals surface area contributed by atoms with Crippen LogP contribution in [0.4, 0.5) is 4.79 Å². The Morgan fingerprint density at radius 3 is 2.55 bits per heavy atom. The molecule has 1 N–H and O–H groups in total. The number of morpholine rings is 1. The van der Waals surface area contributed by atoms with E-state index in [0.29, 0.717) is 26.0 Å². The van der Waals surface area contributed by atoms with Gasteiger partial charge in [-0.25, -0.2) is 14.4 Å². The highest BCUT2D eigenvalue weighted by atomic mass is 16.5. The molecule has 0 bridgehead atoms. The van der Waals surface area contributed by atoms with E-state index < -0.39 is 30.1 Å². The fourth-order valence-electron chi connectivity index (χ4n) is 2.58. The SMILES string of the molecule is COC(=O)C1CCCN1C(=O)N1CCOCC1C(=O)O. The molecule has 2 fully saturated rings. The number of carbonyl (C=O) groups excluding carboxylic acids is 2. The zero-order chi connectivity index (χ0) is 14.7. The number of aliphatic carboxylic acids is 1. The summed E-state index contributed by atoms with van der Waals surface area (Å²) in [4.78, 5) is 37.9. The van der Waals surface area contributed by atoms with Crippen LogP contribution in [0, 0.1) is 0 Å². The van der Waals surface area contributed by atoms with Crippen LogP contribution < -0.4 is 0 Å². The van der Waals surface area contributed by atoms with Crippen LogP contribution in [0.15, 0.2) is 0 Å². The second kappa shape index (κ2) is 6.08. The van der Waals surface area contributed by atoms with Crippen molar-refractivity contribution < 1.29 is 29.0 Å². The number of hydrogen-bond donors (Lipinski definition) is 1. The van der Waals surface area contributed by atoms with E-state index in [1.807, 2.05) is 0 Å². The van der Waals surface area contributed by atoms with Crippen molar-refractivity contribution in [2.45, 2.75) is 24.9 Å². The predicted octanol–water partition coefficient (Wildman–Crippen LogP) is -0.471. The second-order valence-corrected chi connectivity index (χ2v) is 4.78. The molecule has 0 spiro atoms. The normalized spacial score (nSPS) is 26.4. The molecule has 0 saturated carbocycles. The molecule has 8 nitrogen and oxygen atoms in total. The molecule has 2 rings (SSSR count). The average molecular weight is 286 g/mol. The standard InChI is InChI=1S/C12H18N2O6/c1-19-11(17)8-3-2-4-13(8)12(18)14-5-6-20-7-9(14)10(15)16/h8-9H,2-7H2,1H3,(H,15,16). The summed E-state index contributed by atoms with van der Waals surface area (Å²) in [6.07, 6.45) is 1.24. The van der Waals surface area contributed by atoms with Gasteiger partial charge in [0.2, 0.25) is 0 Å². The molecule has 0 aliphatic carbocycles. The lowest BCUT2D eigenvalue weighted by Crippen LogP contribution is -2.58. The summed E-state index contributed by atoms with van der Waals surface area (Å²) in [6, 6.07) is -2.06. The molecule has 2 heterocycles. The highest BCUT2D eigenvalue weighted by Gasteiger charge is 2.41. The fourth-order valence-corrected chi connectivity index (χ4v) is 2.58. The highest BCUT2D eigenvalue weighted by molar-refractivity contribution is 5.87. The molecule has 0 aromatic heterocycles. The Balaban J connectivity index is 2.12. The van der Waals surface area contributed by atoms with E-state index in [-0.39, 0.29) is 13.2 Å². The number of rotatable bonds is 2. The lowest BCUT2D eigenvalue weighted by molar-refractivity contribution is -0.148. The van der Waals surface area contributed by atoms with Gasteiger partial charge in [0.25, 0.3) is 0 Å². The van der Waals surface area contributed by atoms with Crippen molar-refractivity contribution in [2.24, 2.45) is 0 Å². The number of amides is 2. The summed E-state index contributed by atoms with van der Waals surface area (Å²) in [5, 5.41) is 9.14. The van der Waals surface area contributed by atoms with Gasteiger partial charge in [0.05, 0.1) is 20.3 Å². The number of ether oxygens (including phenoxy) is 2. The van der Waals surface area contributed by atoms with Crippen molar-refractivity contribution in [3.8, 4) is 0 Å². The molecule has 2 aliphatic heterocycles. The minimum atomic E-state index is -1.10. The molecule has 2 saturated heterocycles. The van der Waals surface area contributed by atoms with Gasteiger partial charge in [-0.3, -0.25) is 0 Å². The molecule has 0 aromatic rings. The Morgan fingerprint density at radius 2 is 1.90 bits per heavy atom. The first-order valence-electron chi connectivity index (χ1n) is 6.52. The molecule has 2 unspecified atom stereocenters. The number of carboxylic acids is 1. The van der Waals surface area contributed by atoms with E-state index in [1.54, 1.807) is 0 Å². The van der Waals surface area contributed by atoms with Gasteiger partial charge in [-0.05, 0) is 12.8 Å². The first-order chi connectivity index (χ1) is 9.56. The third kappa shape index (κ3) is 2.69. The molecule has 8 heteroatoms. The van der Waals surface area contributed by atoms with Gasteiger partial charge >= 0.3 is 18.0 Å². The Bertz CT molecular complexity index is 413. The summed E-state index contributed by atoms with van der Waals surface area (Å²) in [7, 11) is 1.28. The first kappa shape index (κ1) is 14.6. The highest BCUT2D eigenvalue weighted by Crippen LogP contribution is 2.22. The summed E-state index contributed by atoms with van der Waals surface area (Å²) >= 11 is 0. The van der Waals surface area contributed by atoms with Crippen molar-refractivity contribution >= 4 is 18.0 Å². The van der Waals surface area contributed by atoms with Gasteiger partial charge < -0.3 is 24.4 Å². The van der Waals surface area contributed by atoms with E-state index >= 15 is 0 Å². The van der Waals surface area contributed by atoms with E-state index in [1.165, 1.54) is 16.9 Å². The summed E-state index contributed by atoms with van der Waals surface area (Å²) in [5.41, 5.74) is 0. The topological polar surface area (TPSA) is 96.4 Å². The van der Waals surface area contributed by atoms with Crippen LogP contribution in [-0.4, -0.2) is 78.4 Å². The molecule has 0 radical (unpaired) electrons. The summed E-state index contributed by atoms with van der Waals surface area (Å²) < 4.78 is 9.78. The van der Waals surface area contributed by atoms with Crippen molar-refractivity contribution in [1.29, 1.82) is 0 Å². The first-order valence-corrected chi connectivity index (χ1v) is 6.52. The molecule has 20 heavy (non-hydrogen) atoms. The lowest BCUT2D eigenvalue weighted by atomic mass is 10.2. The third-order valence-corrected chi connectivity index (χ3v) is 3.63. The summed E-state index contributed by atoms with van der Waals surface area (Å²) in [5.74, 6) is -1.57. The molecule has 2 amide bonds.